The Hall–Kier alpha value is -1.95. The maximum absolute atomic E-state index is 13.0. The first-order valence-electron chi connectivity index (χ1n) is 8.30. The van der Waals surface area contributed by atoms with Crippen molar-refractivity contribution in [3.8, 4) is 0 Å². The molecule has 1 aromatic heterocycles. The van der Waals surface area contributed by atoms with Crippen LogP contribution in [0.1, 0.15) is 23.2 Å². The Morgan fingerprint density at radius 2 is 2.00 bits per heavy atom. The van der Waals surface area contributed by atoms with Gasteiger partial charge in [0.05, 0.1) is 17.8 Å². The van der Waals surface area contributed by atoms with Crippen molar-refractivity contribution in [2.75, 3.05) is 24.5 Å². The molecule has 2 atom stereocenters. The Bertz CT molecular complexity index is 739. The molecule has 2 unspecified atom stereocenters. The molecule has 2 saturated heterocycles. The number of nitrogens with zero attached hydrogens (tertiary/aromatic N) is 4. The van der Waals surface area contributed by atoms with Crippen molar-refractivity contribution < 1.29 is 4.79 Å². The van der Waals surface area contributed by atoms with Crippen molar-refractivity contribution in [1.82, 2.24) is 14.9 Å². The maximum atomic E-state index is 13.0. The Balaban J connectivity index is 1.56. The van der Waals surface area contributed by atoms with Crippen LogP contribution in [0.5, 0.6) is 0 Å². The van der Waals surface area contributed by atoms with Crippen LogP contribution in [0.25, 0.3) is 0 Å². The Kier molecular flexibility index (Phi) is 4.22. The number of benzene rings is 1. The average Bonchev–Trinajstić information content (AvgIpc) is 3.05. The number of hydrogen-bond donors (Lipinski definition) is 0. The van der Waals surface area contributed by atoms with E-state index in [2.05, 4.69) is 30.8 Å². The Morgan fingerprint density at radius 3 is 2.79 bits per heavy atom. The van der Waals surface area contributed by atoms with E-state index in [-0.39, 0.29) is 11.9 Å². The monoisotopic (exact) mass is 386 g/mol. The van der Waals surface area contributed by atoms with E-state index < -0.39 is 0 Å². The molecule has 2 fully saturated rings. The third kappa shape index (κ3) is 2.79. The summed E-state index contributed by atoms with van der Waals surface area (Å²) in [6.45, 7) is 2.65. The first kappa shape index (κ1) is 15.6. The van der Waals surface area contributed by atoms with E-state index in [1.807, 2.05) is 29.2 Å². The van der Waals surface area contributed by atoms with Gasteiger partial charge in [-0.3, -0.25) is 9.78 Å². The van der Waals surface area contributed by atoms with E-state index in [1.54, 1.807) is 18.6 Å². The minimum absolute atomic E-state index is 0.121. The van der Waals surface area contributed by atoms with Gasteiger partial charge in [0, 0.05) is 36.5 Å². The van der Waals surface area contributed by atoms with Crippen LogP contribution in [0.15, 0.2) is 47.3 Å². The lowest BCUT2D eigenvalue weighted by Crippen LogP contribution is -2.50. The summed E-state index contributed by atoms with van der Waals surface area (Å²) in [7, 11) is 0. The highest BCUT2D eigenvalue weighted by molar-refractivity contribution is 9.10. The third-order valence-electron chi connectivity index (χ3n) is 5.10. The molecule has 24 heavy (non-hydrogen) atoms. The van der Waals surface area contributed by atoms with Gasteiger partial charge in [-0.2, -0.15) is 0 Å². The van der Waals surface area contributed by atoms with Crippen molar-refractivity contribution in [3.05, 3.63) is 52.9 Å². The van der Waals surface area contributed by atoms with Crippen LogP contribution in [-0.2, 0) is 0 Å². The topological polar surface area (TPSA) is 49.3 Å². The summed E-state index contributed by atoms with van der Waals surface area (Å²) in [5.74, 6) is 1.61. The van der Waals surface area contributed by atoms with Crippen LogP contribution in [0.3, 0.4) is 0 Å². The highest BCUT2D eigenvalue weighted by Crippen LogP contribution is 2.34. The van der Waals surface area contributed by atoms with Crippen LogP contribution in [-0.4, -0.2) is 46.5 Å². The minimum Gasteiger partial charge on any atom is -0.353 e. The zero-order valence-corrected chi connectivity index (χ0v) is 14.9. The smallest absolute Gasteiger partial charge is 0.255 e. The molecule has 4 rings (SSSR count). The summed E-state index contributed by atoms with van der Waals surface area (Å²) in [6, 6.07) is 7.92. The number of piperidine rings is 1. The van der Waals surface area contributed by atoms with Crippen LogP contribution >= 0.6 is 15.9 Å². The SMILES string of the molecule is O=C(c1ccccc1Br)N1CCC2CCN(c3cnccn3)CC21. The van der Waals surface area contributed by atoms with Crippen molar-refractivity contribution in [2.24, 2.45) is 5.92 Å². The summed E-state index contributed by atoms with van der Waals surface area (Å²) in [5.41, 5.74) is 0.745. The molecule has 1 amide bonds. The van der Waals surface area contributed by atoms with E-state index in [9.17, 15) is 4.79 Å². The van der Waals surface area contributed by atoms with E-state index >= 15 is 0 Å². The fraction of sp³-hybridized carbons (Fsp3) is 0.389. The molecule has 0 radical (unpaired) electrons. The van der Waals surface area contributed by atoms with Gasteiger partial charge in [0.25, 0.3) is 5.91 Å². The van der Waals surface area contributed by atoms with Crippen LogP contribution in [0.2, 0.25) is 0 Å². The molecule has 0 bridgehead atoms. The summed E-state index contributed by atoms with van der Waals surface area (Å²) in [6.07, 6.45) is 7.40. The molecule has 0 saturated carbocycles. The average molecular weight is 387 g/mol. The second-order valence-corrected chi connectivity index (χ2v) is 7.25. The zero-order chi connectivity index (χ0) is 16.5. The fourth-order valence-electron chi connectivity index (χ4n) is 3.84. The largest absolute Gasteiger partial charge is 0.353 e. The second-order valence-electron chi connectivity index (χ2n) is 6.39. The van der Waals surface area contributed by atoms with Crippen molar-refractivity contribution in [2.45, 2.75) is 18.9 Å². The highest BCUT2D eigenvalue weighted by Gasteiger charge is 2.41. The molecular formula is C18H19BrN4O. The van der Waals surface area contributed by atoms with Gasteiger partial charge in [0.1, 0.15) is 5.82 Å². The normalized spacial score (nSPS) is 23.2. The number of carbonyl (C=O) groups excluding carboxylic acids is 1. The van der Waals surface area contributed by atoms with E-state index in [0.29, 0.717) is 5.92 Å². The molecule has 5 nitrogen and oxygen atoms in total. The standard InChI is InChI=1S/C18H19BrN4O/c19-15-4-2-1-3-14(15)18(24)23-10-6-13-5-9-22(12-16(13)23)17-11-20-7-8-21-17/h1-4,7-8,11,13,16H,5-6,9-10,12H2. The molecule has 0 spiro atoms. The van der Waals surface area contributed by atoms with Crippen molar-refractivity contribution in [1.29, 1.82) is 0 Å². The van der Waals surface area contributed by atoms with Gasteiger partial charge in [0.15, 0.2) is 0 Å². The number of anilines is 1. The van der Waals surface area contributed by atoms with Crippen LogP contribution < -0.4 is 4.90 Å². The van der Waals surface area contributed by atoms with Crippen LogP contribution in [0.4, 0.5) is 5.82 Å². The second kappa shape index (κ2) is 6.51. The van der Waals surface area contributed by atoms with Gasteiger partial charge < -0.3 is 9.80 Å². The number of fused-ring (bicyclic) bond motifs is 1. The van der Waals surface area contributed by atoms with Gasteiger partial charge in [-0.1, -0.05) is 12.1 Å². The first-order valence-corrected chi connectivity index (χ1v) is 9.10. The highest BCUT2D eigenvalue weighted by atomic mass is 79.9. The van der Waals surface area contributed by atoms with Gasteiger partial charge >= 0.3 is 0 Å². The molecule has 0 N–H and O–H groups in total. The fourth-order valence-corrected chi connectivity index (χ4v) is 4.30. The van der Waals surface area contributed by atoms with Gasteiger partial charge in [-0.15, -0.1) is 0 Å². The van der Waals surface area contributed by atoms with Crippen LogP contribution in [0, 0.1) is 5.92 Å². The molecule has 124 valence electrons. The lowest BCUT2D eigenvalue weighted by molar-refractivity contribution is 0.0711. The van der Waals surface area contributed by atoms with Gasteiger partial charge in [-0.05, 0) is 46.8 Å². The van der Waals surface area contributed by atoms with E-state index in [4.69, 9.17) is 0 Å². The molecule has 2 aliphatic heterocycles. The quantitative estimate of drug-likeness (QED) is 0.795. The predicted octanol–water partition coefficient (Wildman–Crippen LogP) is 2.98. The molecule has 3 heterocycles. The molecule has 1 aromatic carbocycles. The van der Waals surface area contributed by atoms with Gasteiger partial charge in [0.2, 0.25) is 0 Å². The van der Waals surface area contributed by atoms with Crippen molar-refractivity contribution in [3.63, 3.8) is 0 Å². The van der Waals surface area contributed by atoms with E-state index in [0.717, 1.165) is 48.3 Å². The number of likely N-dealkylation sites (tertiary alicyclic amines) is 1. The molecule has 2 aromatic rings. The van der Waals surface area contributed by atoms with E-state index in [1.165, 1.54) is 0 Å². The summed E-state index contributed by atoms with van der Waals surface area (Å²) < 4.78 is 0.861. The lowest BCUT2D eigenvalue weighted by atomic mass is 9.92. The third-order valence-corrected chi connectivity index (χ3v) is 5.79. The Labute approximate surface area is 149 Å². The number of carbonyl (C=O) groups is 1. The maximum Gasteiger partial charge on any atom is 0.255 e. The first-order chi connectivity index (χ1) is 11.7. The lowest BCUT2D eigenvalue weighted by Gasteiger charge is -2.39. The summed E-state index contributed by atoms with van der Waals surface area (Å²) in [5, 5.41) is 0. The predicted molar refractivity (Wildman–Crippen MR) is 95.9 cm³/mol. The molecule has 2 aliphatic rings. The number of amides is 1. The zero-order valence-electron chi connectivity index (χ0n) is 13.3. The summed E-state index contributed by atoms with van der Waals surface area (Å²) >= 11 is 3.50. The minimum atomic E-state index is 0.121. The number of halogens is 1. The van der Waals surface area contributed by atoms with Crippen molar-refractivity contribution >= 4 is 27.7 Å². The number of aromatic nitrogens is 2. The Morgan fingerprint density at radius 1 is 1.17 bits per heavy atom. The number of hydrogen-bond acceptors (Lipinski definition) is 4. The number of rotatable bonds is 2. The van der Waals surface area contributed by atoms with Gasteiger partial charge in [-0.25, -0.2) is 4.98 Å². The molecule has 0 aliphatic carbocycles. The molecular weight excluding hydrogens is 368 g/mol. The summed E-state index contributed by atoms with van der Waals surface area (Å²) in [4.78, 5) is 25.9. The molecule has 6 heteroatoms.